The summed E-state index contributed by atoms with van der Waals surface area (Å²) in [7, 11) is 0. The van der Waals surface area contributed by atoms with Crippen LogP contribution in [-0.2, 0) is 0 Å². The van der Waals surface area contributed by atoms with Crippen LogP contribution in [-0.4, -0.2) is 11.0 Å². The summed E-state index contributed by atoms with van der Waals surface area (Å²) in [4.78, 5) is 3.29. The van der Waals surface area contributed by atoms with Gasteiger partial charge in [-0.05, 0) is 24.0 Å². The Morgan fingerprint density at radius 3 is 2.80 bits per heavy atom. The van der Waals surface area contributed by atoms with E-state index in [0.717, 1.165) is 6.42 Å². The predicted octanol–water partition coefficient (Wildman–Crippen LogP) is 3.01. The van der Waals surface area contributed by atoms with Gasteiger partial charge in [-0.25, -0.2) is 0 Å². The van der Waals surface area contributed by atoms with Gasteiger partial charge in [0.25, 0.3) is 0 Å². The van der Waals surface area contributed by atoms with Crippen LogP contribution in [0.2, 0.25) is 0 Å². The number of H-pyrrole nitrogens is 1. The van der Waals surface area contributed by atoms with E-state index in [4.69, 9.17) is 5.73 Å². The molecule has 0 spiro atoms. The molecule has 3 N–H and O–H groups in total. The van der Waals surface area contributed by atoms with E-state index in [-0.39, 0.29) is 6.04 Å². The lowest BCUT2D eigenvalue weighted by Gasteiger charge is -2.17. The SMILES string of the molecule is CC[C@H](N)[C@@H](C)c1c[nH]c2ccccc12. The van der Waals surface area contributed by atoms with Crippen molar-refractivity contribution in [3.8, 4) is 0 Å². The fourth-order valence-corrected chi connectivity index (χ4v) is 2.05. The standard InChI is InChI=1S/C13H18N2/c1-3-12(14)9(2)11-8-15-13-7-5-4-6-10(11)13/h4-9,12,15H,3,14H2,1-2H3/t9-,12-/m0/s1. The van der Waals surface area contributed by atoms with Gasteiger partial charge in [0.05, 0.1) is 0 Å². The lowest BCUT2D eigenvalue weighted by Crippen LogP contribution is -2.25. The van der Waals surface area contributed by atoms with E-state index in [2.05, 4.69) is 43.2 Å². The second kappa shape index (κ2) is 4.07. The van der Waals surface area contributed by atoms with Crippen molar-refractivity contribution in [1.82, 2.24) is 4.98 Å². The molecule has 0 saturated carbocycles. The zero-order valence-electron chi connectivity index (χ0n) is 9.33. The van der Waals surface area contributed by atoms with Crippen molar-refractivity contribution in [3.63, 3.8) is 0 Å². The zero-order chi connectivity index (χ0) is 10.8. The van der Waals surface area contributed by atoms with Crippen LogP contribution in [0.15, 0.2) is 30.5 Å². The molecule has 2 aromatic rings. The van der Waals surface area contributed by atoms with Gasteiger partial charge in [-0.1, -0.05) is 32.0 Å². The monoisotopic (exact) mass is 202 g/mol. The minimum absolute atomic E-state index is 0.240. The quantitative estimate of drug-likeness (QED) is 0.789. The molecule has 0 aliphatic rings. The Bertz CT molecular complexity index is 444. The molecule has 1 aromatic heterocycles. The first-order chi connectivity index (χ1) is 7.24. The maximum atomic E-state index is 6.08. The molecule has 2 heteroatoms. The summed E-state index contributed by atoms with van der Waals surface area (Å²) < 4.78 is 0. The number of nitrogens with two attached hydrogens (primary N) is 1. The maximum Gasteiger partial charge on any atom is 0.0456 e. The van der Waals surface area contributed by atoms with Gasteiger partial charge < -0.3 is 10.7 Å². The molecule has 1 heterocycles. The van der Waals surface area contributed by atoms with Gasteiger partial charge in [-0.2, -0.15) is 0 Å². The van der Waals surface area contributed by atoms with Gasteiger partial charge in [-0.15, -0.1) is 0 Å². The Morgan fingerprint density at radius 2 is 2.07 bits per heavy atom. The van der Waals surface area contributed by atoms with Crippen LogP contribution >= 0.6 is 0 Å². The molecule has 0 unspecified atom stereocenters. The third-order valence-corrected chi connectivity index (χ3v) is 3.23. The molecule has 0 aliphatic heterocycles. The molecule has 0 amide bonds. The Morgan fingerprint density at radius 1 is 1.33 bits per heavy atom. The number of fused-ring (bicyclic) bond motifs is 1. The highest BCUT2D eigenvalue weighted by Crippen LogP contribution is 2.27. The maximum absolute atomic E-state index is 6.08. The van der Waals surface area contributed by atoms with Gasteiger partial charge in [0, 0.05) is 23.1 Å². The number of hydrogen-bond donors (Lipinski definition) is 2. The molecule has 0 saturated heterocycles. The Kier molecular flexibility index (Phi) is 2.78. The highest BCUT2D eigenvalue weighted by Gasteiger charge is 2.16. The fourth-order valence-electron chi connectivity index (χ4n) is 2.05. The number of benzene rings is 1. The van der Waals surface area contributed by atoms with E-state index >= 15 is 0 Å². The lowest BCUT2D eigenvalue weighted by atomic mass is 9.92. The van der Waals surface area contributed by atoms with Crippen molar-refractivity contribution in [2.75, 3.05) is 0 Å². The van der Waals surface area contributed by atoms with Crippen molar-refractivity contribution in [2.45, 2.75) is 32.2 Å². The number of hydrogen-bond acceptors (Lipinski definition) is 1. The third-order valence-electron chi connectivity index (χ3n) is 3.23. The number of aromatic nitrogens is 1. The molecule has 15 heavy (non-hydrogen) atoms. The summed E-state index contributed by atoms with van der Waals surface area (Å²) >= 11 is 0. The van der Waals surface area contributed by atoms with E-state index < -0.39 is 0 Å². The van der Waals surface area contributed by atoms with Crippen LogP contribution in [0.3, 0.4) is 0 Å². The van der Waals surface area contributed by atoms with E-state index in [9.17, 15) is 0 Å². The van der Waals surface area contributed by atoms with Gasteiger partial charge in [0.15, 0.2) is 0 Å². The fraction of sp³-hybridized carbons (Fsp3) is 0.385. The summed E-state index contributed by atoms with van der Waals surface area (Å²) in [6, 6.07) is 8.61. The average molecular weight is 202 g/mol. The number of aromatic amines is 1. The summed E-state index contributed by atoms with van der Waals surface area (Å²) in [6.45, 7) is 4.33. The van der Waals surface area contributed by atoms with E-state index in [0.29, 0.717) is 5.92 Å². The third kappa shape index (κ3) is 1.77. The van der Waals surface area contributed by atoms with Gasteiger partial charge in [0.2, 0.25) is 0 Å². The molecular weight excluding hydrogens is 184 g/mol. The first-order valence-corrected chi connectivity index (χ1v) is 5.55. The van der Waals surface area contributed by atoms with Crippen LogP contribution in [0.1, 0.15) is 31.7 Å². The zero-order valence-corrected chi connectivity index (χ0v) is 9.33. The molecule has 2 rings (SSSR count). The van der Waals surface area contributed by atoms with E-state index in [1.165, 1.54) is 16.5 Å². The van der Waals surface area contributed by atoms with Crippen molar-refractivity contribution >= 4 is 10.9 Å². The van der Waals surface area contributed by atoms with Gasteiger partial charge >= 0.3 is 0 Å². The largest absolute Gasteiger partial charge is 0.361 e. The Labute approximate surface area is 90.5 Å². The molecule has 1 aromatic carbocycles. The van der Waals surface area contributed by atoms with Crippen molar-refractivity contribution in [2.24, 2.45) is 5.73 Å². The van der Waals surface area contributed by atoms with Crippen molar-refractivity contribution in [1.29, 1.82) is 0 Å². The summed E-state index contributed by atoms with van der Waals surface area (Å²) in [5.74, 6) is 0.408. The molecule has 2 atom stereocenters. The highest BCUT2D eigenvalue weighted by molar-refractivity contribution is 5.83. The summed E-state index contributed by atoms with van der Waals surface area (Å²) in [5, 5.41) is 1.30. The van der Waals surface area contributed by atoms with Gasteiger partial charge in [-0.3, -0.25) is 0 Å². The molecule has 2 nitrogen and oxygen atoms in total. The Hall–Kier alpha value is -1.28. The van der Waals surface area contributed by atoms with E-state index in [1.54, 1.807) is 0 Å². The predicted molar refractivity (Wildman–Crippen MR) is 65.0 cm³/mol. The van der Waals surface area contributed by atoms with Crippen LogP contribution in [0.4, 0.5) is 0 Å². The smallest absolute Gasteiger partial charge is 0.0456 e. The minimum atomic E-state index is 0.240. The van der Waals surface area contributed by atoms with Crippen LogP contribution < -0.4 is 5.73 Å². The molecule has 0 fully saturated rings. The highest BCUT2D eigenvalue weighted by atomic mass is 14.7. The summed E-state index contributed by atoms with van der Waals surface area (Å²) in [6.07, 6.45) is 3.10. The molecule has 0 bridgehead atoms. The first-order valence-electron chi connectivity index (χ1n) is 5.55. The van der Waals surface area contributed by atoms with Crippen molar-refractivity contribution in [3.05, 3.63) is 36.0 Å². The van der Waals surface area contributed by atoms with Gasteiger partial charge in [0.1, 0.15) is 0 Å². The number of rotatable bonds is 3. The summed E-state index contributed by atoms with van der Waals surface area (Å²) in [5.41, 5.74) is 8.62. The molecule has 80 valence electrons. The minimum Gasteiger partial charge on any atom is -0.361 e. The molecular formula is C13H18N2. The van der Waals surface area contributed by atoms with E-state index in [1.807, 2.05) is 6.07 Å². The topological polar surface area (TPSA) is 41.8 Å². The number of para-hydroxylation sites is 1. The second-order valence-corrected chi connectivity index (χ2v) is 4.15. The number of nitrogens with one attached hydrogen (secondary N) is 1. The average Bonchev–Trinajstić information content (AvgIpc) is 2.70. The molecule has 0 radical (unpaired) electrons. The normalized spacial score (nSPS) is 15.4. The van der Waals surface area contributed by atoms with Crippen molar-refractivity contribution < 1.29 is 0 Å². The second-order valence-electron chi connectivity index (χ2n) is 4.15. The lowest BCUT2D eigenvalue weighted by molar-refractivity contribution is 0.554. The van der Waals surface area contributed by atoms with Crippen LogP contribution in [0.5, 0.6) is 0 Å². The first kappa shape index (κ1) is 10.2. The van der Waals surface area contributed by atoms with Crippen LogP contribution in [0.25, 0.3) is 10.9 Å². The molecule has 0 aliphatic carbocycles. The Balaban J connectivity index is 2.43. The van der Waals surface area contributed by atoms with Crippen LogP contribution in [0, 0.1) is 0 Å².